The number of benzene rings is 3. The van der Waals surface area contributed by atoms with Gasteiger partial charge in [0.25, 0.3) is 5.91 Å². The molecule has 0 atom stereocenters. The molecule has 0 aromatic heterocycles. The Balaban J connectivity index is 1.38. The summed E-state index contributed by atoms with van der Waals surface area (Å²) in [5.74, 6) is -1.05. The topological polar surface area (TPSA) is 157 Å². The van der Waals surface area contributed by atoms with Gasteiger partial charge in [-0.3, -0.25) is 19.2 Å². The summed E-state index contributed by atoms with van der Waals surface area (Å²) in [5, 5.41) is 20.6. The maximum atomic E-state index is 14.6. The molecule has 57 heavy (non-hydrogen) atoms. The summed E-state index contributed by atoms with van der Waals surface area (Å²) in [6.45, 7) is 18.1. The van der Waals surface area contributed by atoms with Crippen LogP contribution in [0.3, 0.4) is 0 Å². The number of phenols is 2. The first-order chi connectivity index (χ1) is 26.5. The summed E-state index contributed by atoms with van der Waals surface area (Å²) in [5.41, 5.74) is -1.87. The Morgan fingerprint density at radius 1 is 0.544 bits per heavy atom. The third-order valence-corrected chi connectivity index (χ3v) is 10.7. The molecule has 3 heterocycles. The van der Waals surface area contributed by atoms with Crippen molar-refractivity contribution in [3.05, 3.63) is 82.4 Å². The van der Waals surface area contributed by atoms with Gasteiger partial charge in [-0.2, -0.15) is 0 Å². The van der Waals surface area contributed by atoms with E-state index in [1.807, 2.05) is 62.3 Å². The van der Waals surface area contributed by atoms with Crippen LogP contribution in [0.25, 0.3) is 0 Å². The van der Waals surface area contributed by atoms with Gasteiger partial charge in [0.05, 0.1) is 5.56 Å². The summed E-state index contributed by atoms with van der Waals surface area (Å²) >= 11 is 0. The minimum Gasteiger partial charge on any atom is -0.508 e. The third-order valence-electron chi connectivity index (χ3n) is 10.7. The number of fused-ring (bicyclic) bond motifs is 6. The summed E-state index contributed by atoms with van der Waals surface area (Å²) in [6.07, 6.45) is 0. The second kappa shape index (κ2) is 14.7. The van der Waals surface area contributed by atoms with Gasteiger partial charge in [0, 0.05) is 103 Å². The van der Waals surface area contributed by atoms with Crippen molar-refractivity contribution in [2.24, 2.45) is 16.2 Å². The Kier molecular flexibility index (Phi) is 10.6. The Labute approximate surface area is 334 Å². The molecule has 2 N–H and O–H groups in total. The second-order valence-corrected chi connectivity index (χ2v) is 18.2. The molecule has 0 radical (unpaired) electrons. The van der Waals surface area contributed by atoms with E-state index in [2.05, 4.69) is 0 Å². The number of phenolic OH excluding ortho intramolecular Hbond substituents is 2. The van der Waals surface area contributed by atoms with Gasteiger partial charge < -0.3 is 39.3 Å². The van der Waals surface area contributed by atoms with E-state index in [4.69, 9.17) is 9.47 Å². The summed E-state index contributed by atoms with van der Waals surface area (Å²) in [7, 11) is 0. The molecule has 13 heteroatoms. The average Bonchev–Trinajstić information content (AvgIpc) is 3.40. The van der Waals surface area contributed by atoms with Crippen molar-refractivity contribution in [1.29, 1.82) is 0 Å². The summed E-state index contributed by atoms with van der Waals surface area (Å²) in [4.78, 5) is 76.4. The van der Waals surface area contributed by atoms with Crippen molar-refractivity contribution in [2.75, 3.05) is 52.4 Å². The zero-order valence-corrected chi connectivity index (χ0v) is 34.4. The van der Waals surface area contributed by atoms with Crippen LogP contribution in [0.5, 0.6) is 23.0 Å². The predicted molar refractivity (Wildman–Crippen MR) is 212 cm³/mol. The highest BCUT2D eigenvalue weighted by atomic mass is 16.6. The van der Waals surface area contributed by atoms with Gasteiger partial charge >= 0.3 is 5.97 Å². The molecule has 1 spiro atoms. The van der Waals surface area contributed by atoms with Gasteiger partial charge in [-0.1, -0.05) is 68.4 Å². The van der Waals surface area contributed by atoms with Crippen molar-refractivity contribution in [3.63, 3.8) is 0 Å². The molecule has 3 aliphatic heterocycles. The fourth-order valence-electron chi connectivity index (χ4n) is 7.67. The molecule has 0 saturated carbocycles. The van der Waals surface area contributed by atoms with Crippen molar-refractivity contribution in [2.45, 2.75) is 67.9 Å². The zero-order chi connectivity index (χ0) is 41.8. The van der Waals surface area contributed by atoms with Crippen LogP contribution in [0.2, 0.25) is 0 Å². The molecule has 304 valence electrons. The molecule has 1 saturated heterocycles. The highest BCUT2D eigenvalue weighted by molar-refractivity contribution is 6.02. The monoisotopic (exact) mass is 782 g/mol. The summed E-state index contributed by atoms with van der Waals surface area (Å²) in [6, 6.07) is 13.8. The number of hydrogen-bond acceptors (Lipinski definition) is 9. The van der Waals surface area contributed by atoms with Crippen LogP contribution >= 0.6 is 0 Å². The number of esters is 1. The maximum Gasteiger partial charge on any atom is 0.340 e. The first kappa shape index (κ1) is 41.1. The molecule has 6 rings (SSSR count). The SMILES string of the molecule is CC(C)(C)C(=O)N1CCN(C(=O)c2ccc3c(c2)C(=O)OC32c3ccc(O)cc3Oc3cc(O)ccc32)CCN(C(=O)C(C)(C)C)CCN(C(=O)C(C)(C)C)CC1. The number of amides is 4. The molecule has 3 aliphatic rings. The predicted octanol–water partition coefficient (Wildman–Crippen LogP) is 5.75. The first-order valence-corrected chi connectivity index (χ1v) is 19.4. The Bertz CT molecular complexity index is 2030. The van der Waals surface area contributed by atoms with E-state index in [0.717, 1.165) is 0 Å². The first-order valence-electron chi connectivity index (χ1n) is 19.4. The molecule has 0 bridgehead atoms. The van der Waals surface area contributed by atoms with E-state index in [1.54, 1.807) is 43.9 Å². The van der Waals surface area contributed by atoms with E-state index < -0.39 is 33.7 Å². The molecule has 0 aliphatic carbocycles. The van der Waals surface area contributed by atoms with E-state index in [9.17, 15) is 34.2 Å². The van der Waals surface area contributed by atoms with Crippen LogP contribution in [0.4, 0.5) is 0 Å². The number of hydrogen-bond donors (Lipinski definition) is 2. The van der Waals surface area contributed by atoms with Gasteiger partial charge in [-0.25, -0.2) is 4.79 Å². The fourth-order valence-corrected chi connectivity index (χ4v) is 7.67. The normalized spacial score (nSPS) is 17.4. The smallest absolute Gasteiger partial charge is 0.340 e. The van der Waals surface area contributed by atoms with Gasteiger partial charge in [-0.05, 0) is 36.4 Å². The number of nitrogens with zero attached hydrogens (tertiary/aromatic N) is 4. The average molecular weight is 783 g/mol. The van der Waals surface area contributed by atoms with Gasteiger partial charge in [0.2, 0.25) is 17.7 Å². The standard InChI is InChI=1S/C44H54N4O9/c1-41(2,3)38(53)46-18-16-45(17-19-47(39(54)42(4,5)6)21-23-48(22-20-46)40(55)43(7,8)9)36(51)27-10-13-31-30(24-27)37(52)57-44(31)32-14-11-28(49)25-34(32)56-35-26-29(50)12-15-33(35)44/h10-15,24-26,49-50H,16-23H2,1-9H3. The lowest BCUT2D eigenvalue weighted by Gasteiger charge is -2.38. The van der Waals surface area contributed by atoms with E-state index in [0.29, 0.717) is 16.7 Å². The lowest BCUT2D eigenvalue weighted by molar-refractivity contribution is -0.145. The van der Waals surface area contributed by atoms with Crippen LogP contribution in [-0.2, 0) is 24.7 Å². The van der Waals surface area contributed by atoms with E-state index >= 15 is 0 Å². The Morgan fingerprint density at radius 3 is 1.30 bits per heavy atom. The lowest BCUT2D eigenvalue weighted by Crippen LogP contribution is -2.54. The van der Waals surface area contributed by atoms with Crippen LogP contribution in [0, 0.1) is 16.2 Å². The van der Waals surface area contributed by atoms with Crippen LogP contribution in [0.1, 0.15) is 99.7 Å². The molecular weight excluding hydrogens is 729 g/mol. The highest BCUT2D eigenvalue weighted by Crippen LogP contribution is 2.57. The minimum absolute atomic E-state index is 0.0645. The largest absolute Gasteiger partial charge is 0.508 e. The molecule has 3 aromatic carbocycles. The highest BCUT2D eigenvalue weighted by Gasteiger charge is 2.54. The molecule has 13 nitrogen and oxygen atoms in total. The van der Waals surface area contributed by atoms with Crippen LogP contribution in [-0.4, -0.2) is 112 Å². The van der Waals surface area contributed by atoms with Crippen molar-refractivity contribution < 1.29 is 43.7 Å². The number of ether oxygens (including phenoxy) is 2. The van der Waals surface area contributed by atoms with Gasteiger partial charge in [-0.15, -0.1) is 0 Å². The quantitative estimate of drug-likeness (QED) is 0.294. The molecule has 0 unspecified atom stereocenters. The van der Waals surface area contributed by atoms with Crippen molar-refractivity contribution >= 4 is 29.6 Å². The molecule has 4 amide bonds. The van der Waals surface area contributed by atoms with Crippen molar-refractivity contribution in [1.82, 2.24) is 19.6 Å². The number of carbonyl (C=O) groups excluding carboxylic acids is 5. The zero-order valence-electron chi connectivity index (χ0n) is 34.4. The summed E-state index contributed by atoms with van der Waals surface area (Å²) < 4.78 is 12.3. The van der Waals surface area contributed by atoms with E-state index in [1.165, 1.54) is 30.3 Å². The molecule has 3 aromatic rings. The van der Waals surface area contributed by atoms with Gasteiger partial charge in [0.15, 0.2) is 5.60 Å². The number of carbonyl (C=O) groups is 5. The Hall–Kier alpha value is -5.59. The maximum absolute atomic E-state index is 14.6. The minimum atomic E-state index is -1.49. The van der Waals surface area contributed by atoms with Crippen molar-refractivity contribution in [3.8, 4) is 23.0 Å². The Morgan fingerprint density at radius 2 is 0.912 bits per heavy atom. The van der Waals surface area contributed by atoms with Gasteiger partial charge in [0.1, 0.15) is 23.0 Å². The van der Waals surface area contributed by atoms with Crippen LogP contribution < -0.4 is 4.74 Å². The fraction of sp³-hybridized carbons (Fsp3) is 0.477. The third kappa shape index (κ3) is 7.88. The molecule has 1 fully saturated rings. The second-order valence-electron chi connectivity index (χ2n) is 18.2. The van der Waals surface area contributed by atoms with E-state index in [-0.39, 0.29) is 104 Å². The van der Waals surface area contributed by atoms with Crippen LogP contribution in [0.15, 0.2) is 54.6 Å². The number of rotatable bonds is 1. The number of aromatic hydroxyl groups is 2. The lowest BCUT2D eigenvalue weighted by atomic mass is 9.77. The molecular formula is C44H54N4O9.